The first-order valence-corrected chi connectivity index (χ1v) is 9.02. The van der Waals surface area contributed by atoms with Gasteiger partial charge in [0, 0.05) is 16.8 Å². The molecule has 144 valence electrons. The SMILES string of the molecule is CCOC(=O)C1=C(c2ccccc2)OC(N)=C(C#N)[C@]12C(=O)Nc1ccccc12. The third kappa shape index (κ3) is 2.50. The second-order valence-corrected chi connectivity index (χ2v) is 6.49. The fourth-order valence-corrected chi connectivity index (χ4v) is 3.83. The standard InChI is InChI=1S/C22H17N3O4/c1-2-28-20(26)17-18(13-8-4-3-5-9-13)29-19(24)15(12-23)22(17)14-10-6-7-11-16(14)25-21(22)27/h3-11H,2,24H2,1H3,(H,25,27)/t22-/m0/s1. The second-order valence-electron chi connectivity index (χ2n) is 6.49. The number of nitrogens with one attached hydrogen (secondary N) is 1. The summed E-state index contributed by atoms with van der Waals surface area (Å²) in [5, 5.41) is 12.7. The number of nitrogens with zero attached hydrogens (tertiary/aromatic N) is 1. The van der Waals surface area contributed by atoms with Gasteiger partial charge in [-0.2, -0.15) is 5.26 Å². The molecule has 1 spiro atoms. The summed E-state index contributed by atoms with van der Waals surface area (Å²) in [5.74, 6) is -1.45. The maximum atomic E-state index is 13.4. The number of para-hydroxylation sites is 1. The lowest BCUT2D eigenvalue weighted by molar-refractivity contribution is -0.140. The van der Waals surface area contributed by atoms with E-state index < -0.39 is 17.3 Å². The van der Waals surface area contributed by atoms with Crippen molar-refractivity contribution in [3.63, 3.8) is 0 Å². The molecule has 2 aromatic carbocycles. The average Bonchev–Trinajstić information content (AvgIpc) is 3.01. The Bertz CT molecular complexity index is 1130. The van der Waals surface area contributed by atoms with Gasteiger partial charge in [-0.05, 0) is 13.0 Å². The van der Waals surface area contributed by atoms with Crippen molar-refractivity contribution in [3.05, 3.63) is 82.8 Å². The zero-order chi connectivity index (χ0) is 20.6. The molecule has 1 atom stereocenters. The molecule has 0 unspecified atom stereocenters. The Morgan fingerprint density at radius 1 is 1.21 bits per heavy atom. The highest BCUT2D eigenvalue weighted by atomic mass is 16.5. The Kier molecular flexibility index (Phi) is 4.32. The quantitative estimate of drug-likeness (QED) is 0.783. The van der Waals surface area contributed by atoms with Crippen LogP contribution in [0.2, 0.25) is 0 Å². The molecule has 1 amide bonds. The number of benzene rings is 2. The van der Waals surface area contributed by atoms with E-state index in [0.29, 0.717) is 16.8 Å². The number of esters is 1. The minimum Gasteiger partial charge on any atom is -0.462 e. The zero-order valence-corrected chi connectivity index (χ0v) is 15.6. The predicted molar refractivity (Wildman–Crippen MR) is 105 cm³/mol. The Hall–Kier alpha value is -4.05. The van der Waals surface area contributed by atoms with E-state index in [1.807, 2.05) is 12.1 Å². The van der Waals surface area contributed by atoms with E-state index in [1.165, 1.54) is 0 Å². The van der Waals surface area contributed by atoms with Crippen LogP contribution in [0.5, 0.6) is 0 Å². The summed E-state index contributed by atoms with van der Waals surface area (Å²) in [6.45, 7) is 1.75. The molecule has 2 aromatic rings. The Morgan fingerprint density at radius 2 is 1.90 bits per heavy atom. The minimum atomic E-state index is -1.76. The van der Waals surface area contributed by atoms with Crippen molar-refractivity contribution in [2.75, 3.05) is 11.9 Å². The van der Waals surface area contributed by atoms with Gasteiger partial charge in [0.25, 0.3) is 0 Å². The van der Waals surface area contributed by atoms with Crippen molar-refractivity contribution < 1.29 is 19.1 Å². The highest BCUT2D eigenvalue weighted by Crippen LogP contribution is 2.53. The summed E-state index contributed by atoms with van der Waals surface area (Å²) >= 11 is 0. The van der Waals surface area contributed by atoms with Crippen molar-refractivity contribution in [1.82, 2.24) is 0 Å². The molecular formula is C22H17N3O4. The van der Waals surface area contributed by atoms with Crippen molar-refractivity contribution in [2.24, 2.45) is 5.73 Å². The monoisotopic (exact) mass is 387 g/mol. The van der Waals surface area contributed by atoms with Crippen LogP contribution in [0.15, 0.2) is 71.6 Å². The molecular weight excluding hydrogens is 370 g/mol. The van der Waals surface area contributed by atoms with Crippen molar-refractivity contribution >= 4 is 23.3 Å². The lowest BCUT2D eigenvalue weighted by Gasteiger charge is -2.34. The van der Waals surface area contributed by atoms with Crippen molar-refractivity contribution in [3.8, 4) is 6.07 Å². The molecule has 0 saturated heterocycles. The maximum Gasteiger partial charge on any atom is 0.339 e. The van der Waals surface area contributed by atoms with Gasteiger partial charge in [-0.25, -0.2) is 4.79 Å². The molecule has 0 aliphatic carbocycles. The largest absolute Gasteiger partial charge is 0.462 e. The van der Waals surface area contributed by atoms with Gasteiger partial charge in [-0.15, -0.1) is 0 Å². The van der Waals surface area contributed by atoms with Crippen LogP contribution in [0.25, 0.3) is 5.76 Å². The van der Waals surface area contributed by atoms with E-state index in [2.05, 4.69) is 5.32 Å². The second kappa shape index (κ2) is 6.84. The first-order chi connectivity index (χ1) is 14.1. The van der Waals surface area contributed by atoms with Crippen molar-refractivity contribution in [1.29, 1.82) is 5.26 Å². The number of fused-ring (bicyclic) bond motifs is 2. The van der Waals surface area contributed by atoms with Crippen LogP contribution < -0.4 is 11.1 Å². The number of hydrogen-bond donors (Lipinski definition) is 2. The molecule has 3 N–H and O–H groups in total. The summed E-state index contributed by atoms with van der Waals surface area (Å²) in [6.07, 6.45) is 0. The molecule has 0 aromatic heterocycles. The molecule has 2 aliphatic rings. The van der Waals surface area contributed by atoms with Crippen LogP contribution in [-0.4, -0.2) is 18.5 Å². The normalized spacial score (nSPS) is 20.1. The molecule has 4 rings (SSSR count). The van der Waals surface area contributed by atoms with Gasteiger partial charge in [0.2, 0.25) is 11.8 Å². The topological polar surface area (TPSA) is 114 Å². The lowest BCUT2D eigenvalue weighted by atomic mass is 9.67. The summed E-state index contributed by atoms with van der Waals surface area (Å²) in [6, 6.07) is 17.7. The summed E-state index contributed by atoms with van der Waals surface area (Å²) in [5.41, 5.74) is 5.59. The molecule has 7 heteroatoms. The molecule has 0 bridgehead atoms. The Labute approximate surface area is 167 Å². The van der Waals surface area contributed by atoms with Crippen LogP contribution >= 0.6 is 0 Å². The zero-order valence-electron chi connectivity index (χ0n) is 15.6. The number of anilines is 1. The third-order valence-electron chi connectivity index (χ3n) is 4.98. The number of carbonyl (C=O) groups excluding carboxylic acids is 2. The van der Waals surface area contributed by atoms with E-state index in [9.17, 15) is 14.9 Å². The van der Waals surface area contributed by atoms with Crippen LogP contribution in [0.3, 0.4) is 0 Å². The van der Waals surface area contributed by atoms with Crippen LogP contribution in [0, 0.1) is 11.3 Å². The van der Waals surface area contributed by atoms with Crippen LogP contribution in [0.4, 0.5) is 5.69 Å². The molecule has 0 radical (unpaired) electrons. The highest BCUT2D eigenvalue weighted by Gasteiger charge is 2.60. The molecule has 0 fully saturated rings. The van der Waals surface area contributed by atoms with E-state index in [-0.39, 0.29) is 29.4 Å². The summed E-state index contributed by atoms with van der Waals surface area (Å²) in [7, 11) is 0. The molecule has 29 heavy (non-hydrogen) atoms. The number of carbonyl (C=O) groups is 2. The Balaban J connectivity index is 2.13. The van der Waals surface area contributed by atoms with Crippen molar-refractivity contribution in [2.45, 2.75) is 12.3 Å². The fourth-order valence-electron chi connectivity index (χ4n) is 3.83. The summed E-state index contributed by atoms with van der Waals surface area (Å²) < 4.78 is 11.0. The van der Waals surface area contributed by atoms with E-state index in [0.717, 1.165) is 0 Å². The number of nitriles is 1. The molecule has 2 aliphatic heterocycles. The molecule has 0 saturated carbocycles. The van der Waals surface area contributed by atoms with Gasteiger partial charge in [0.15, 0.2) is 5.41 Å². The number of rotatable bonds is 3. The maximum absolute atomic E-state index is 13.4. The van der Waals surface area contributed by atoms with E-state index >= 15 is 0 Å². The van der Waals surface area contributed by atoms with Gasteiger partial charge in [-0.1, -0.05) is 48.5 Å². The number of hydrogen-bond acceptors (Lipinski definition) is 6. The van der Waals surface area contributed by atoms with Gasteiger partial charge in [0.1, 0.15) is 23.0 Å². The minimum absolute atomic E-state index is 0.0706. The third-order valence-corrected chi connectivity index (χ3v) is 4.98. The van der Waals surface area contributed by atoms with Gasteiger partial charge < -0.3 is 20.5 Å². The van der Waals surface area contributed by atoms with Gasteiger partial charge >= 0.3 is 5.97 Å². The molecule has 7 nitrogen and oxygen atoms in total. The van der Waals surface area contributed by atoms with Crippen LogP contribution in [0.1, 0.15) is 18.1 Å². The number of amides is 1. The lowest BCUT2D eigenvalue weighted by Crippen LogP contribution is -2.45. The van der Waals surface area contributed by atoms with E-state index in [4.69, 9.17) is 15.2 Å². The fraction of sp³-hybridized carbons (Fsp3) is 0.136. The number of nitrogens with two attached hydrogens (primary N) is 1. The molecule has 2 heterocycles. The summed E-state index contributed by atoms with van der Waals surface area (Å²) in [4.78, 5) is 26.5. The van der Waals surface area contributed by atoms with Gasteiger partial charge in [-0.3, -0.25) is 4.79 Å². The predicted octanol–water partition coefficient (Wildman–Crippen LogP) is 2.57. The number of ether oxygens (including phenoxy) is 2. The highest BCUT2D eigenvalue weighted by molar-refractivity contribution is 6.19. The van der Waals surface area contributed by atoms with Gasteiger partial charge in [0.05, 0.1) is 6.61 Å². The smallest absolute Gasteiger partial charge is 0.339 e. The Morgan fingerprint density at radius 3 is 2.59 bits per heavy atom. The first-order valence-electron chi connectivity index (χ1n) is 9.02. The average molecular weight is 387 g/mol. The van der Waals surface area contributed by atoms with Crippen LogP contribution in [-0.2, 0) is 24.5 Å². The first kappa shape index (κ1) is 18.3. The van der Waals surface area contributed by atoms with E-state index in [1.54, 1.807) is 55.5 Å².